The van der Waals surface area contributed by atoms with Crippen molar-refractivity contribution >= 4 is 29.5 Å². The van der Waals surface area contributed by atoms with Crippen molar-refractivity contribution < 1.29 is 19.5 Å². The Morgan fingerprint density at radius 3 is 2.75 bits per heavy atom. The highest BCUT2D eigenvalue weighted by molar-refractivity contribution is 8.00. The lowest BCUT2D eigenvalue weighted by atomic mass is 9.97. The first-order valence-electron chi connectivity index (χ1n) is 6.87. The summed E-state index contributed by atoms with van der Waals surface area (Å²) < 4.78 is 0. The van der Waals surface area contributed by atoms with E-state index in [-0.39, 0.29) is 24.8 Å². The van der Waals surface area contributed by atoms with Crippen molar-refractivity contribution in [2.24, 2.45) is 5.92 Å². The van der Waals surface area contributed by atoms with Crippen molar-refractivity contribution in [2.45, 2.75) is 32.6 Å². The maximum absolute atomic E-state index is 11.7. The van der Waals surface area contributed by atoms with E-state index in [1.807, 2.05) is 6.92 Å². The standard InChI is InChI=1S/C13H22N2O4S/c1-2-10(3-4-13(18)19)5-6-14-11(16)7-15-9-20-8-12(15)17/h10H,2-9H2,1H3,(H,14,16)(H,18,19). The van der Waals surface area contributed by atoms with Crippen LogP contribution in [-0.4, -0.2) is 52.5 Å². The summed E-state index contributed by atoms with van der Waals surface area (Å²) in [6, 6.07) is 0. The Morgan fingerprint density at radius 2 is 2.20 bits per heavy atom. The van der Waals surface area contributed by atoms with E-state index < -0.39 is 5.97 Å². The summed E-state index contributed by atoms with van der Waals surface area (Å²) in [6.07, 6.45) is 2.50. The van der Waals surface area contributed by atoms with Gasteiger partial charge in [0, 0.05) is 13.0 Å². The SMILES string of the molecule is CCC(CCNC(=O)CN1CSCC1=O)CCC(=O)O. The van der Waals surface area contributed by atoms with Gasteiger partial charge >= 0.3 is 5.97 Å². The molecule has 1 atom stereocenters. The average Bonchev–Trinajstić information content (AvgIpc) is 2.79. The Balaban J connectivity index is 2.16. The van der Waals surface area contributed by atoms with Crippen LogP contribution in [0.1, 0.15) is 32.6 Å². The van der Waals surface area contributed by atoms with E-state index in [2.05, 4.69) is 5.32 Å². The second-order valence-corrected chi connectivity index (χ2v) is 5.87. The summed E-state index contributed by atoms with van der Waals surface area (Å²) in [5.41, 5.74) is 0. The molecule has 114 valence electrons. The molecule has 1 fully saturated rings. The highest BCUT2D eigenvalue weighted by atomic mass is 32.2. The lowest BCUT2D eigenvalue weighted by Gasteiger charge is -2.16. The quantitative estimate of drug-likeness (QED) is 0.661. The van der Waals surface area contributed by atoms with Crippen LogP contribution in [0.4, 0.5) is 0 Å². The number of aliphatic carboxylic acids is 1. The maximum Gasteiger partial charge on any atom is 0.303 e. The van der Waals surface area contributed by atoms with Crippen molar-refractivity contribution in [2.75, 3.05) is 24.7 Å². The number of rotatable bonds is 9. The van der Waals surface area contributed by atoms with E-state index in [1.165, 1.54) is 11.8 Å². The Kier molecular flexibility index (Phi) is 7.43. The van der Waals surface area contributed by atoms with Gasteiger partial charge in [0.2, 0.25) is 11.8 Å². The molecular formula is C13H22N2O4S. The van der Waals surface area contributed by atoms with E-state index >= 15 is 0 Å². The van der Waals surface area contributed by atoms with Gasteiger partial charge in [0.1, 0.15) is 6.54 Å². The van der Waals surface area contributed by atoms with Crippen LogP contribution in [0, 0.1) is 5.92 Å². The van der Waals surface area contributed by atoms with Crippen molar-refractivity contribution in [3.05, 3.63) is 0 Å². The van der Waals surface area contributed by atoms with Gasteiger partial charge in [0.15, 0.2) is 0 Å². The first kappa shape index (κ1) is 16.8. The fraction of sp³-hybridized carbons (Fsp3) is 0.769. The predicted molar refractivity (Wildman–Crippen MR) is 77.3 cm³/mol. The second kappa shape index (κ2) is 8.84. The summed E-state index contributed by atoms with van der Waals surface area (Å²) in [5, 5.41) is 11.4. The Morgan fingerprint density at radius 1 is 1.45 bits per heavy atom. The van der Waals surface area contributed by atoms with Gasteiger partial charge in [-0.1, -0.05) is 13.3 Å². The van der Waals surface area contributed by atoms with E-state index in [0.717, 1.165) is 12.8 Å². The first-order valence-corrected chi connectivity index (χ1v) is 8.02. The molecule has 0 radical (unpaired) electrons. The molecule has 1 aliphatic rings. The molecule has 0 aliphatic carbocycles. The molecule has 1 saturated heterocycles. The minimum absolute atomic E-state index is 0.0121. The molecule has 2 amide bonds. The molecule has 0 aromatic heterocycles. The van der Waals surface area contributed by atoms with Crippen molar-refractivity contribution in [1.29, 1.82) is 0 Å². The van der Waals surface area contributed by atoms with Crippen LogP contribution in [-0.2, 0) is 14.4 Å². The molecule has 2 N–H and O–H groups in total. The molecule has 20 heavy (non-hydrogen) atoms. The van der Waals surface area contributed by atoms with E-state index in [9.17, 15) is 14.4 Å². The molecule has 1 unspecified atom stereocenters. The summed E-state index contributed by atoms with van der Waals surface area (Å²) in [5.74, 6) is 0.447. The minimum Gasteiger partial charge on any atom is -0.481 e. The van der Waals surface area contributed by atoms with E-state index in [1.54, 1.807) is 4.90 Å². The van der Waals surface area contributed by atoms with Gasteiger partial charge in [0.25, 0.3) is 0 Å². The fourth-order valence-electron chi connectivity index (χ4n) is 2.07. The third-order valence-electron chi connectivity index (χ3n) is 3.38. The molecule has 0 saturated carbocycles. The van der Waals surface area contributed by atoms with Crippen LogP contribution in [0.5, 0.6) is 0 Å². The second-order valence-electron chi connectivity index (χ2n) is 4.91. The van der Waals surface area contributed by atoms with Crippen molar-refractivity contribution in [3.63, 3.8) is 0 Å². The van der Waals surface area contributed by atoms with Gasteiger partial charge in [-0.2, -0.15) is 0 Å². The zero-order valence-corrected chi connectivity index (χ0v) is 12.6. The highest BCUT2D eigenvalue weighted by Crippen LogP contribution is 2.15. The molecule has 0 spiro atoms. The van der Waals surface area contributed by atoms with Crippen LogP contribution >= 0.6 is 11.8 Å². The molecule has 0 bridgehead atoms. The van der Waals surface area contributed by atoms with Crippen LogP contribution < -0.4 is 5.32 Å². The fourth-order valence-corrected chi connectivity index (χ4v) is 2.97. The zero-order valence-electron chi connectivity index (χ0n) is 11.8. The number of carboxylic acids is 1. The molecule has 1 aliphatic heterocycles. The zero-order chi connectivity index (χ0) is 15.0. The van der Waals surface area contributed by atoms with Gasteiger partial charge in [-0.25, -0.2) is 0 Å². The number of carboxylic acid groups (broad SMARTS) is 1. The number of hydrogen-bond donors (Lipinski definition) is 2. The molecule has 1 rings (SSSR count). The number of carbonyl (C=O) groups excluding carboxylic acids is 2. The average molecular weight is 302 g/mol. The number of nitrogens with one attached hydrogen (secondary N) is 1. The predicted octanol–water partition coefficient (Wildman–Crippen LogP) is 0.917. The third kappa shape index (κ3) is 6.27. The largest absolute Gasteiger partial charge is 0.481 e. The van der Waals surface area contributed by atoms with Gasteiger partial charge in [0.05, 0.1) is 11.6 Å². The van der Waals surface area contributed by atoms with Gasteiger partial charge < -0.3 is 15.3 Å². The number of carbonyl (C=O) groups is 3. The summed E-state index contributed by atoms with van der Waals surface area (Å²) >= 11 is 1.51. The van der Waals surface area contributed by atoms with Crippen LogP contribution in [0.15, 0.2) is 0 Å². The van der Waals surface area contributed by atoms with Crippen LogP contribution in [0.3, 0.4) is 0 Å². The molecule has 1 heterocycles. The number of thioether (sulfide) groups is 1. The lowest BCUT2D eigenvalue weighted by Crippen LogP contribution is -2.38. The first-order chi connectivity index (χ1) is 9.52. The molecule has 0 aromatic rings. The van der Waals surface area contributed by atoms with Crippen LogP contribution in [0.25, 0.3) is 0 Å². The number of amides is 2. The smallest absolute Gasteiger partial charge is 0.303 e. The van der Waals surface area contributed by atoms with E-state index in [4.69, 9.17) is 5.11 Å². The van der Waals surface area contributed by atoms with Gasteiger partial charge in [-0.3, -0.25) is 14.4 Å². The molecule has 7 heteroatoms. The van der Waals surface area contributed by atoms with Crippen molar-refractivity contribution in [1.82, 2.24) is 10.2 Å². The maximum atomic E-state index is 11.7. The summed E-state index contributed by atoms with van der Waals surface area (Å²) in [4.78, 5) is 35.1. The van der Waals surface area contributed by atoms with Gasteiger partial charge in [-0.15, -0.1) is 11.8 Å². The monoisotopic (exact) mass is 302 g/mol. The topological polar surface area (TPSA) is 86.7 Å². The Hall–Kier alpha value is -1.24. The normalized spacial score (nSPS) is 16.2. The summed E-state index contributed by atoms with van der Waals surface area (Å²) in [7, 11) is 0. The number of hydrogen-bond acceptors (Lipinski definition) is 4. The Bertz CT molecular complexity index is 362. The minimum atomic E-state index is -0.780. The lowest BCUT2D eigenvalue weighted by molar-refractivity contribution is -0.137. The summed E-state index contributed by atoms with van der Waals surface area (Å²) in [6.45, 7) is 2.68. The third-order valence-corrected chi connectivity index (χ3v) is 4.32. The molecule has 0 aromatic carbocycles. The molecular weight excluding hydrogens is 280 g/mol. The van der Waals surface area contributed by atoms with Crippen LogP contribution in [0.2, 0.25) is 0 Å². The molecule has 6 nitrogen and oxygen atoms in total. The van der Waals surface area contributed by atoms with Crippen molar-refractivity contribution in [3.8, 4) is 0 Å². The number of nitrogens with zero attached hydrogens (tertiary/aromatic N) is 1. The van der Waals surface area contributed by atoms with E-state index in [0.29, 0.717) is 30.5 Å². The van der Waals surface area contributed by atoms with Gasteiger partial charge in [-0.05, 0) is 18.8 Å². The highest BCUT2D eigenvalue weighted by Gasteiger charge is 2.22. The Labute approximate surface area is 123 Å².